The Hall–Kier alpha value is -4.20. The van der Waals surface area contributed by atoms with Crippen molar-refractivity contribution >= 4 is 17.4 Å². The number of benzene rings is 2. The van der Waals surface area contributed by atoms with Gasteiger partial charge in [-0.25, -0.2) is 0 Å². The predicted octanol–water partition coefficient (Wildman–Crippen LogP) is 3.68. The lowest BCUT2D eigenvalue weighted by atomic mass is 9.99. The summed E-state index contributed by atoms with van der Waals surface area (Å²) in [6.07, 6.45) is 1.98. The van der Waals surface area contributed by atoms with Gasteiger partial charge in [-0.3, -0.25) is 9.59 Å². The number of likely N-dealkylation sites (tertiary alicyclic amines) is 1. The van der Waals surface area contributed by atoms with Crippen molar-refractivity contribution in [2.24, 2.45) is 0 Å². The Balaban J connectivity index is 1.50. The molecule has 1 fully saturated rings. The third-order valence-electron chi connectivity index (χ3n) is 5.80. The number of hydrogen-bond donors (Lipinski definition) is 1. The first kappa shape index (κ1) is 20.7. The Morgan fingerprint density at radius 1 is 1.09 bits per heavy atom. The fourth-order valence-corrected chi connectivity index (χ4v) is 4.09. The van der Waals surface area contributed by atoms with Crippen molar-refractivity contribution in [2.45, 2.75) is 12.5 Å². The molecule has 2 aliphatic rings. The molecule has 1 atom stereocenters. The zero-order valence-electron chi connectivity index (χ0n) is 17.8. The van der Waals surface area contributed by atoms with Crippen molar-refractivity contribution in [3.63, 3.8) is 0 Å². The Morgan fingerprint density at radius 2 is 1.88 bits per heavy atom. The lowest BCUT2D eigenvalue weighted by Crippen LogP contribution is -2.31. The van der Waals surface area contributed by atoms with E-state index in [0.29, 0.717) is 29.2 Å². The molecular formula is C25H21NO7. The molecule has 8 nitrogen and oxygen atoms in total. The summed E-state index contributed by atoms with van der Waals surface area (Å²) < 4.78 is 21.4. The number of rotatable bonds is 6. The molecule has 1 saturated heterocycles. The number of nitrogens with zero attached hydrogens (tertiary/aromatic N) is 1. The molecule has 2 aromatic carbocycles. The number of carbonyl (C=O) groups is 2. The van der Waals surface area contributed by atoms with Gasteiger partial charge in [0, 0.05) is 12.1 Å². The quantitative estimate of drug-likeness (QED) is 0.350. The molecule has 5 rings (SSSR count). The van der Waals surface area contributed by atoms with Crippen LogP contribution in [-0.4, -0.2) is 42.1 Å². The van der Waals surface area contributed by atoms with Gasteiger partial charge in [0.05, 0.1) is 18.9 Å². The van der Waals surface area contributed by atoms with E-state index < -0.39 is 17.7 Å². The van der Waals surface area contributed by atoms with Gasteiger partial charge in [0.15, 0.2) is 11.5 Å². The number of hydrogen-bond acceptors (Lipinski definition) is 7. The molecule has 1 N–H and O–H groups in total. The van der Waals surface area contributed by atoms with Crippen LogP contribution < -0.4 is 14.2 Å². The normalized spacial score (nSPS) is 18.7. The lowest BCUT2D eigenvalue weighted by Gasteiger charge is -2.23. The third-order valence-corrected chi connectivity index (χ3v) is 5.80. The Kier molecular flexibility index (Phi) is 5.26. The summed E-state index contributed by atoms with van der Waals surface area (Å²) in [4.78, 5) is 27.5. The van der Waals surface area contributed by atoms with Crippen molar-refractivity contribution in [1.82, 2.24) is 4.90 Å². The van der Waals surface area contributed by atoms with Crippen LogP contribution in [0.1, 0.15) is 22.9 Å². The number of Topliss-reactive ketones (excluding diaryl/α,β-unsaturated/α-hetero) is 1. The maximum absolute atomic E-state index is 13.0. The van der Waals surface area contributed by atoms with Crippen LogP contribution in [-0.2, 0) is 16.0 Å². The van der Waals surface area contributed by atoms with Gasteiger partial charge in [-0.15, -0.1) is 0 Å². The second-order valence-corrected chi connectivity index (χ2v) is 7.67. The molecule has 168 valence electrons. The number of carbonyl (C=O) groups excluding carboxylic acids is 2. The van der Waals surface area contributed by atoms with E-state index in [4.69, 9.17) is 18.6 Å². The molecule has 0 saturated carbocycles. The average molecular weight is 447 g/mol. The van der Waals surface area contributed by atoms with E-state index in [1.807, 2.05) is 24.3 Å². The molecule has 0 aliphatic carbocycles. The first-order valence-corrected chi connectivity index (χ1v) is 10.4. The highest BCUT2D eigenvalue weighted by Crippen LogP contribution is 2.41. The van der Waals surface area contributed by atoms with Crippen LogP contribution in [0.3, 0.4) is 0 Å². The van der Waals surface area contributed by atoms with E-state index in [1.165, 1.54) is 11.2 Å². The third kappa shape index (κ3) is 3.69. The van der Waals surface area contributed by atoms with Gasteiger partial charge in [0.25, 0.3) is 11.7 Å². The van der Waals surface area contributed by atoms with Crippen LogP contribution in [0.5, 0.6) is 17.2 Å². The van der Waals surface area contributed by atoms with Gasteiger partial charge in [-0.2, -0.15) is 0 Å². The van der Waals surface area contributed by atoms with E-state index in [1.54, 1.807) is 37.4 Å². The van der Waals surface area contributed by atoms with Gasteiger partial charge in [0.1, 0.15) is 23.3 Å². The van der Waals surface area contributed by atoms with Crippen LogP contribution in [0.15, 0.2) is 70.9 Å². The molecule has 3 heterocycles. The minimum Gasteiger partial charge on any atom is -0.507 e. The van der Waals surface area contributed by atoms with Crippen molar-refractivity contribution in [2.75, 3.05) is 20.4 Å². The monoisotopic (exact) mass is 447 g/mol. The highest BCUT2D eigenvalue weighted by molar-refractivity contribution is 6.46. The highest BCUT2D eigenvalue weighted by atomic mass is 16.7. The molecule has 1 amide bonds. The zero-order chi connectivity index (χ0) is 22.9. The molecule has 1 unspecified atom stereocenters. The van der Waals surface area contributed by atoms with E-state index >= 15 is 0 Å². The molecule has 8 heteroatoms. The molecule has 1 aromatic heterocycles. The summed E-state index contributed by atoms with van der Waals surface area (Å²) in [7, 11) is 1.60. The Bertz CT molecular complexity index is 1230. The molecule has 2 aliphatic heterocycles. The smallest absolute Gasteiger partial charge is 0.295 e. The minimum atomic E-state index is -0.844. The second kappa shape index (κ2) is 8.38. The topological polar surface area (TPSA) is 98.4 Å². The van der Waals surface area contributed by atoms with Gasteiger partial charge in [0.2, 0.25) is 6.79 Å². The van der Waals surface area contributed by atoms with E-state index in [0.717, 1.165) is 11.3 Å². The molecule has 3 aromatic rings. The van der Waals surface area contributed by atoms with Crippen LogP contribution >= 0.6 is 0 Å². The van der Waals surface area contributed by atoms with Crippen molar-refractivity contribution < 1.29 is 33.3 Å². The van der Waals surface area contributed by atoms with Gasteiger partial charge in [-0.1, -0.05) is 12.1 Å². The van der Waals surface area contributed by atoms with Crippen LogP contribution in [0.25, 0.3) is 5.76 Å². The number of aliphatic hydroxyl groups is 1. The van der Waals surface area contributed by atoms with E-state index in [2.05, 4.69) is 0 Å². The van der Waals surface area contributed by atoms with Crippen molar-refractivity contribution in [3.8, 4) is 17.2 Å². The molecule has 0 spiro atoms. The number of fused-ring (bicyclic) bond motifs is 1. The minimum absolute atomic E-state index is 0.0245. The summed E-state index contributed by atoms with van der Waals surface area (Å²) in [5.74, 6) is 0.398. The predicted molar refractivity (Wildman–Crippen MR) is 117 cm³/mol. The first-order chi connectivity index (χ1) is 16.1. The second-order valence-electron chi connectivity index (χ2n) is 7.67. The Morgan fingerprint density at radius 3 is 2.61 bits per heavy atom. The molecule has 33 heavy (non-hydrogen) atoms. The van der Waals surface area contributed by atoms with Crippen molar-refractivity contribution in [1.29, 1.82) is 0 Å². The number of amides is 1. The summed E-state index contributed by atoms with van der Waals surface area (Å²) in [6.45, 7) is 0.349. The van der Waals surface area contributed by atoms with Crippen LogP contribution in [0.2, 0.25) is 0 Å². The van der Waals surface area contributed by atoms with Gasteiger partial charge < -0.3 is 28.6 Å². The van der Waals surface area contributed by atoms with E-state index in [9.17, 15) is 14.7 Å². The number of ketones is 1. The fraction of sp³-hybridized carbons (Fsp3) is 0.200. The first-order valence-electron chi connectivity index (χ1n) is 10.4. The summed E-state index contributed by atoms with van der Waals surface area (Å²) >= 11 is 0. The number of methoxy groups -OCH3 is 1. The maximum atomic E-state index is 13.0. The maximum Gasteiger partial charge on any atom is 0.295 e. The molecule has 0 bridgehead atoms. The number of furan rings is 1. The van der Waals surface area contributed by atoms with Gasteiger partial charge >= 0.3 is 0 Å². The largest absolute Gasteiger partial charge is 0.507 e. The van der Waals surface area contributed by atoms with Crippen LogP contribution in [0, 0.1) is 0 Å². The molecule has 0 radical (unpaired) electrons. The standard InChI is InChI=1S/C25H21NO7/c1-30-17-7-4-15(5-8-17)10-11-26-22(19-3-2-12-31-19)21(24(28)25(26)29)23(27)16-6-9-18-20(13-16)33-14-32-18/h2-9,12-13,22,27H,10-11,14H2,1H3/b23-21-. The van der Waals surface area contributed by atoms with Crippen LogP contribution in [0.4, 0.5) is 0 Å². The fourth-order valence-electron chi connectivity index (χ4n) is 4.09. The Labute approximate surface area is 189 Å². The lowest BCUT2D eigenvalue weighted by molar-refractivity contribution is -0.140. The average Bonchev–Trinajstić information content (AvgIpc) is 3.58. The zero-order valence-corrected chi connectivity index (χ0v) is 17.8. The summed E-state index contributed by atoms with van der Waals surface area (Å²) in [5.41, 5.74) is 1.30. The number of aliphatic hydroxyl groups excluding tert-OH is 1. The van der Waals surface area contributed by atoms with Gasteiger partial charge in [-0.05, 0) is 54.4 Å². The van der Waals surface area contributed by atoms with E-state index in [-0.39, 0.29) is 24.7 Å². The number of ether oxygens (including phenoxy) is 3. The highest BCUT2D eigenvalue weighted by Gasteiger charge is 2.47. The molecular weight excluding hydrogens is 426 g/mol. The summed E-state index contributed by atoms with van der Waals surface area (Å²) in [6, 6.07) is 14.9. The van der Waals surface area contributed by atoms with Crippen molar-refractivity contribution in [3.05, 3.63) is 83.3 Å². The summed E-state index contributed by atoms with van der Waals surface area (Å²) in [5, 5.41) is 11.1. The SMILES string of the molecule is COc1ccc(CCN2C(=O)C(=O)/C(=C(\O)c3ccc4c(c3)OCO4)C2c2ccco2)cc1.